The molecule has 1 saturated heterocycles. The van der Waals surface area contributed by atoms with Gasteiger partial charge in [-0.3, -0.25) is 4.79 Å². The molecule has 3 heteroatoms. The third-order valence-electron chi connectivity index (χ3n) is 4.78. The third-order valence-corrected chi connectivity index (χ3v) is 4.78. The lowest BCUT2D eigenvalue weighted by atomic mass is 9.90. The number of carbonyl (C=O) groups is 1. The number of carbonyl (C=O) groups excluding carboxylic acids is 1. The molecular weight excluding hydrogens is 310 g/mol. The Balaban J connectivity index is 1.63. The second-order valence-corrected chi connectivity index (χ2v) is 6.81. The van der Waals surface area contributed by atoms with E-state index in [0.29, 0.717) is 6.61 Å². The molecule has 0 spiro atoms. The van der Waals surface area contributed by atoms with E-state index in [2.05, 4.69) is 11.8 Å². The molecule has 0 N–H and O–H groups in total. The summed E-state index contributed by atoms with van der Waals surface area (Å²) in [6.45, 7) is 5.81. The van der Waals surface area contributed by atoms with Gasteiger partial charge in [0.15, 0.2) is 5.78 Å². The predicted octanol–water partition coefficient (Wildman–Crippen LogP) is 4.57. The van der Waals surface area contributed by atoms with Crippen LogP contribution in [0.3, 0.4) is 0 Å². The van der Waals surface area contributed by atoms with Gasteiger partial charge < -0.3 is 9.64 Å². The van der Waals surface area contributed by atoms with Gasteiger partial charge in [-0.1, -0.05) is 49.4 Å². The average Bonchev–Trinajstić information content (AvgIpc) is 2.67. The number of rotatable bonds is 7. The second-order valence-electron chi connectivity index (χ2n) is 6.81. The Morgan fingerprint density at radius 2 is 2.00 bits per heavy atom. The maximum absolute atomic E-state index is 12.9. The molecule has 3 nitrogen and oxygen atoms in total. The van der Waals surface area contributed by atoms with E-state index in [9.17, 15) is 4.79 Å². The van der Waals surface area contributed by atoms with Gasteiger partial charge >= 0.3 is 0 Å². The first-order valence-corrected chi connectivity index (χ1v) is 9.29. The molecule has 132 valence electrons. The number of benzene rings is 2. The first-order valence-electron chi connectivity index (χ1n) is 9.29. The largest absolute Gasteiger partial charge is 0.489 e. The minimum Gasteiger partial charge on any atom is -0.489 e. The first-order chi connectivity index (χ1) is 12.3. The molecule has 1 atom stereocenters. The van der Waals surface area contributed by atoms with Crippen molar-refractivity contribution in [2.24, 2.45) is 5.92 Å². The van der Waals surface area contributed by atoms with Crippen molar-refractivity contribution in [1.82, 2.24) is 4.90 Å². The topological polar surface area (TPSA) is 29.5 Å². The van der Waals surface area contributed by atoms with Gasteiger partial charge in [-0.05, 0) is 50.0 Å². The number of ketones is 1. The highest BCUT2D eigenvalue weighted by molar-refractivity contribution is 5.98. The van der Waals surface area contributed by atoms with E-state index in [1.807, 2.05) is 54.6 Å². The standard InChI is InChI=1S/C22H27NO2/c1-2-13-23-14-7-11-20(16-23)22(24)19-10-6-12-21(15-19)25-17-18-8-4-3-5-9-18/h3-6,8-10,12,15,20H,2,7,11,13-14,16-17H2,1H3. The summed E-state index contributed by atoms with van der Waals surface area (Å²) in [4.78, 5) is 15.3. The van der Waals surface area contributed by atoms with Crippen molar-refractivity contribution in [1.29, 1.82) is 0 Å². The normalized spacial score (nSPS) is 18.0. The summed E-state index contributed by atoms with van der Waals surface area (Å²) < 4.78 is 5.87. The summed E-state index contributed by atoms with van der Waals surface area (Å²) in [5.41, 5.74) is 1.90. The van der Waals surface area contributed by atoms with Crippen LogP contribution in [0.4, 0.5) is 0 Å². The van der Waals surface area contributed by atoms with Crippen LogP contribution < -0.4 is 4.74 Å². The summed E-state index contributed by atoms with van der Waals surface area (Å²) in [5.74, 6) is 1.13. The van der Waals surface area contributed by atoms with Crippen molar-refractivity contribution in [3.63, 3.8) is 0 Å². The minimum atomic E-state index is 0.115. The number of ether oxygens (including phenoxy) is 1. The van der Waals surface area contributed by atoms with Crippen molar-refractivity contribution in [2.45, 2.75) is 32.8 Å². The smallest absolute Gasteiger partial charge is 0.167 e. The minimum absolute atomic E-state index is 0.115. The van der Waals surface area contributed by atoms with Crippen LogP contribution in [0.5, 0.6) is 5.75 Å². The van der Waals surface area contributed by atoms with E-state index in [1.165, 1.54) is 0 Å². The van der Waals surface area contributed by atoms with Gasteiger partial charge in [-0.15, -0.1) is 0 Å². The molecule has 1 aliphatic heterocycles. The quantitative estimate of drug-likeness (QED) is 0.693. The zero-order valence-electron chi connectivity index (χ0n) is 15.0. The number of piperidine rings is 1. The maximum Gasteiger partial charge on any atom is 0.167 e. The van der Waals surface area contributed by atoms with E-state index in [4.69, 9.17) is 4.74 Å². The summed E-state index contributed by atoms with van der Waals surface area (Å²) in [6, 6.07) is 17.7. The van der Waals surface area contributed by atoms with Crippen LogP contribution in [-0.2, 0) is 6.61 Å². The van der Waals surface area contributed by atoms with Crippen molar-refractivity contribution >= 4 is 5.78 Å². The van der Waals surface area contributed by atoms with Crippen molar-refractivity contribution < 1.29 is 9.53 Å². The summed E-state index contributed by atoms with van der Waals surface area (Å²) in [6.07, 6.45) is 3.25. The fourth-order valence-corrected chi connectivity index (χ4v) is 3.50. The molecule has 1 unspecified atom stereocenters. The van der Waals surface area contributed by atoms with E-state index < -0.39 is 0 Å². The Morgan fingerprint density at radius 1 is 1.16 bits per heavy atom. The summed E-state index contributed by atoms with van der Waals surface area (Å²) >= 11 is 0. The molecular formula is C22H27NO2. The Bertz CT molecular complexity index is 681. The molecule has 3 rings (SSSR count). The van der Waals surface area contributed by atoms with Crippen LogP contribution >= 0.6 is 0 Å². The molecule has 1 fully saturated rings. The van der Waals surface area contributed by atoms with Gasteiger partial charge in [0.05, 0.1) is 0 Å². The molecule has 1 aliphatic rings. The highest BCUT2D eigenvalue weighted by Crippen LogP contribution is 2.23. The summed E-state index contributed by atoms with van der Waals surface area (Å²) in [7, 11) is 0. The Labute approximate surface area is 150 Å². The van der Waals surface area contributed by atoms with E-state index in [-0.39, 0.29) is 11.7 Å². The van der Waals surface area contributed by atoms with Crippen LogP contribution in [0, 0.1) is 5.92 Å². The van der Waals surface area contributed by atoms with E-state index in [0.717, 1.165) is 55.8 Å². The number of hydrogen-bond acceptors (Lipinski definition) is 3. The zero-order chi connectivity index (χ0) is 17.5. The van der Waals surface area contributed by atoms with Crippen molar-refractivity contribution in [2.75, 3.05) is 19.6 Å². The van der Waals surface area contributed by atoms with E-state index in [1.54, 1.807) is 0 Å². The van der Waals surface area contributed by atoms with Crippen molar-refractivity contribution in [3.05, 3.63) is 65.7 Å². The molecule has 2 aromatic carbocycles. The van der Waals surface area contributed by atoms with Gasteiger partial charge in [0.2, 0.25) is 0 Å². The summed E-state index contributed by atoms with van der Waals surface area (Å²) in [5, 5.41) is 0. The average molecular weight is 337 g/mol. The highest BCUT2D eigenvalue weighted by Gasteiger charge is 2.26. The lowest BCUT2D eigenvalue weighted by Crippen LogP contribution is -2.39. The van der Waals surface area contributed by atoms with Gasteiger partial charge in [-0.25, -0.2) is 0 Å². The molecule has 25 heavy (non-hydrogen) atoms. The second kappa shape index (κ2) is 8.82. The Morgan fingerprint density at radius 3 is 2.80 bits per heavy atom. The van der Waals surface area contributed by atoms with Gasteiger partial charge in [0, 0.05) is 18.0 Å². The molecule has 0 saturated carbocycles. The van der Waals surface area contributed by atoms with Crippen LogP contribution in [0.2, 0.25) is 0 Å². The van der Waals surface area contributed by atoms with Gasteiger partial charge in [0.25, 0.3) is 0 Å². The van der Waals surface area contributed by atoms with E-state index >= 15 is 0 Å². The molecule has 0 amide bonds. The maximum atomic E-state index is 12.9. The highest BCUT2D eigenvalue weighted by atomic mass is 16.5. The lowest BCUT2D eigenvalue weighted by Gasteiger charge is -2.31. The predicted molar refractivity (Wildman–Crippen MR) is 101 cm³/mol. The number of likely N-dealkylation sites (tertiary alicyclic amines) is 1. The van der Waals surface area contributed by atoms with Crippen LogP contribution in [0.25, 0.3) is 0 Å². The van der Waals surface area contributed by atoms with Crippen molar-refractivity contribution in [3.8, 4) is 5.75 Å². The fourth-order valence-electron chi connectivity index (χ4n) is 3.50. The number of nitrogens with zero attached hydrogens (tertiary/aromatic N) is 1. The Kier molecular flexibility index (Phi) is 6.24. The van der Waals surface area contributed by atoms with Gasteiger partial charge in [-0.2, -0.15) is 0 Å². The SMILES string of the molecule is CCCN1CCCC(C(=O)c2cccc(OCc3ccccc3)c2)C1. The van der Waals surface area contributed by atoms with Crippen LogP contribution in [-0.4, -0.2) is 30.3 Å². The van der Waals surface area contributed by atoms with Gasteiger partial charge in [0.1, 0.15) is 12.4 Å². The fraction of sp³-hybridized carbons (Fsp3) is 0.409. The third kappa shape index (κ3) is 4.93. The Hall–Kier alpha value is -2.13. The molecule has 0 aliphatic carbocycles. The number of Topliss-reactive ketones (excluding diaryl/α,β-unsaturated/α-hetero) is 1. The monoisotopic (exact) mass is 337 g/mol. The molecule has 2 aromatic rings. The van der Waals surface area contributed by atoms with Crippen LogP contribution in [0.1, 0.15) is 42.1 Å². The first kappa shape index (κ1) is 17.7. The number of hydrogen-bond donors (Lipinski definition) is 0. The molecule has 0 radical (unpaired) electrons. The zero-order valence-corrected chi connectivity index (χ0v) is 15.0. The lowest BCUT2D eigenvalue weighted by molar-refractivity contribution is 0.0819. The molecule has 0 aromatic heterocycles. The molecule has 0 bridgehead atoms. The molecule has 1 heterocycles. The van der Waals surface area contributed by atoms with Crippen LogP contribution in [0.15, 0.2) is 54.6 Å².